The number of ether oxygens (including phenoxy) is 4. The molecule has 0 radical (unpaired) electrons. The van der Waals surface area contributed by atoms with Crippen LogP contribution in [0.3, 0.4) is 0 Å². The zero-order valence-corrected chi connectivity index (χ0v) is 29.5. The maximum atomic E-state index is 13.5. The lowest BCUT2D eigenvalue weighted by Crippen LogP contribution is -2.20. The SMILES string of the molecule is CC(C)(C)c1ccc(Oc2cc3c4c(ccc5c6c(Oc7ccc(C(C)(C)C)cc7)cc7c8c(ccc(c2c45)c86)C(O)OC7=O)C(=O)OC3=O)cc1. The number of cyclic esters (lactones) is 3. The molecule has 2 aliphatic rings. The summed E-state index contributed by atoms with van der Waals surface area (Å²) in [4.78, 5) is 40.1. The van der Waals surface area contributed by atoms with Gasteiger partial charge in [-0.3, -0.25) is 0 Å². The third-order valence-electron chi connectivity index (χ3n) is 10.3. The van der Waals surface area contributed by atoms with E-state index < -0.39 is 24.2 Å². The number of rotatable bonds is 4. The molecule has 2 heterocycles. The highest BCUT2D eigenvalue weighted by atomic mass is 16.6. The van der Waals surface area contributed by atoms with Gasteiger partial charge in [0.2, 0.25) is 6.29 Å². The molecule has 2 aliphatic heterocycles. The van der Waals surface area contributed by atoms with Crippen molar-refractivity contribution in [2.24, 2.45) is 0 Å². The van der Waals surface area contributed by atoms with Crippen LogP contribution in [0.25, 0.3) is 43.1 Å². The summed E-state index contributed by atoms with van der Waals surface area (Å²) in [7, 11) is 0. The zero-order chi connectivity index (χ0) is 36.4. The van der Waals surface area contributed by atoms with E-state index in [2.05, 4.69) is 41.5 Å². The van der Waals surface area contributed by atoms with Crippen molar-refractivity contribution in [2.75, 3.05) is 0 Å². The maximum Gasteiger partial charge on any atom is 0.346 e. The van der Waals surface area contributed by atoms with E-state index in [0.717, 1.165) is 11.1 Å². The summed E-state index contributed by atoms with van der Waals surface area (Å²) in [6.07, 6.45) is -1.47. The van der Waals surface area contributed by atoms with Crippen LogP contribution in [0.1, 0.15) is 95.6 Å². The van der Waals surface area contributed by atoms with Gasteiger partial charge in [0.25, 0.3) is 0 Å². The predicted molar refractivity (Wildman–Crippen MR) is 198 cm³/mol. The van der Waals surface area contributed by atoms with Gasteiger partial charge in [-0.15, -0.1) is 0 Å². The molecule has 0 saturated carbocycles. The van der Waals surface area contributed by atoms with E-state index in [4.69, 9.17) is 18.9 Å². The Labute approximate surface area is 298 Å². The van der Waals surface area contributed by atoms with Gasteiger partial charge in [0.1, 0.15) is 23.0 Å². The van der Waals surface area contributed by atoms with Gasteiger partial charge in [0, 0.05) is 37.9 Å². The van der Waals surface area contributed by atoms with Crippen molar-refractivity contribution in [3.63, 3.8) is 0 Å². The van der Waals surface area contributed by atoms with Crippen LogP contribution in [-0.2, 0) is 20.3 Å². The third kappa shape index (κ3) is 4.67. The minimum Gasteiger partial charge on any atom is -0.457 e. The molecule has 8 heteroatoms. The zero-order valence-electron chi connectivity index (χ0n) is 29.5. The van der Waals surface area contributed by atoms with Crippen molar-refractivity contribution >= 4 is 61.0 Å². The number of hydrogen-bond donors (Lipinski definition) is 1. The van der Waals surface area contributed by atoms with Gasteiger partial charge in [-0.2, -0.15) is 0 Å². The molecule has 7 aromatic rings. The maximum absolute atomic E-state index is 13.5. The molecule has 8 nitrogen and oxygen atoms in total. The second-order valence-corrected chi connectivity index (χ2v) is 15.6. The fourth-order valence-electron chi connectivity index (χ4n) is 7.64. The summed E-state index contributed by atoms with van der Waals surface area (Å²) in [5, 5.41) is 15.8. The summed E-state index contributed by atoms with van der Waals surface area (Å²) in [6.45, 7) is 12.8. The van der Waals surface area contributed by atoms with Gasteiger partial charge in [-0.1, -0.05) is 84.0 Å². The van der Waals surface area contributed by atoms with E-state index in [1.165, 1.54) is 0 Å². The van der Waals surface area contributed by atoms with E-state index >= 15 is 0 Å². The first-order valence-corrected chi connectivity index (χ1v) is 17.2. The van der Waals surface area contributed by atoms with Gasteiger partial charge in [0.15, 0.2) is 0 Å². The summed E-state index contributed by atoms with van der Waals surface area (Å²) in [5.41, 5.74) is 3.25. The Bertz CT molecular complexity index is 2690. The molecule has 0 bridgehead atoms. The highest BCUT2D eigenvalue weighted by Crippen LogP contribution is 2.53. The summed E-state index contributed by atoms with van der Waals surface area (Å²) in [6, 6.07) is 25.9. The first-order chi connectivity index (χ1) is 24.7. The molecule has 0 fully saturated rings. The number of carbonyl (C=O) groups excluding carboxylic acids is 3. The molecule has 1 N–H and O–H groups in total. The molecule has 9 rings (SSSR count). The number of fused-ring (bicyclic) bond motifs is 2. The largest absolute Gasteiger partial charge is 0.457 e. The topological polar surface area (TPSA) is 108 Å². The molecule has 0 amide bonds. The lowest BCUT2D eigenvalue weighted by Gasteiger charge is -2.27. The molecule has 7 aromatic carbocycles. The molecule has 0 saturated heterocycles. The molecular formula is C44H34O8. The van der Waals surface area contributed by atoms with Crippen LogP contribution in [-0.4, -0.2) is 23.0 Å². The Kier molecular flexibility index (Phi) is 6.61. The Hall–Kier alpha value is -5.99. The van der Waals surface area contributed by atoms with Crippen LogP contribution in [0.5, 0.6) is 23.0 Å². The number of aliphatic hydroxyl groups excluding tert-OH is 1. The third-order valence-corrected chi connectivity index (χ3v) is 10.3. The number of aliphatic hydroxyl groups is 1. The second-order valence-electron chi connectivity index (χ2n) is 15.6. The molecule has 0 aromatic heterocycles. The fraction of sp³-hybridized carbons (Fsp3) is 0.205. The Morgan fingerprint density at radius 2 is 0.981 bits per heavy atom. The summed E-state index contributed by atoms with van der Waals surface area (Å²) >= 11 is 0. The molecule has 258 valence electrons. The molecule has 1 atom stereocenters. The molecular weight excluding hydrogens is 656 g/mol. The molecule has 1 unspecified atom stereocenters. The predicted octanol–water partition coefficient (Wildman–Crippen LogP) is 10.4. The minimum absolute atomic E-state index is 0.0692. The van der Waals surface area contributed by atoms with E-state index in [9.17, 15) is 19.5 Å². The Morgan fingerprint density at radius 1 is 0.519 bits per heavy atom. The first-order valence-electron chi connectivity index (χ1n) is 17.2. The number of esters is 3. The van der Waals surface area contributed by atoms with Crippen molar-refractivity contribution in [3.8, 4) is 23.0 Å². The van der Waals surface area contributed by atoms with Crippen molar-refractivity contribution in [1.29, 1.82) is 0 Å². The fourth-order valence-corrected chi connectivity index (χ4v) is 7.64. The van der Waals surface area contributed by atoms with E-state index in [1.54, 1.807) is 24.3 Å². The van der Waals surface area contributed by atoms with Gasteiger partial charge in [-0.05, 0) is 75.2 Å². The lowest BCUT2D eigenvalue weighted by molar-refractivity contribution is -0.0686. The molecule has 52 heavy (non-hydrogen) atoms. The normalized spacial score (nSPS) is 15.8. The number of hydrogen-bond acceptors (Lipinski definition) is 8. The average Bonchev–Trinajstić information content (AvgIpc) is 3.09. The van der Waals surface area contributed by atoms with E-state index in [1.807, 2.05) is 60.7 Å². The van der Waals surface area contributed by atoms with Crippen molar-refractivity contribution in [3.05, 3.63) is 118 Å². The quantitative estimate of drug-likeness (QED) is 0.0841. The van der Waals surface area contributed by atoms with Gasteiger partial charge in [-0.25, -0.2) is 14.4 Å². The average molecular weight is 691 g/mol. The van der Waals surface area contributed by atoms with Crippen LogP contribution >= 0.6 is 0 Å². The Balaban J connectivity index is 1.40. The van der Waals surface area contributed by atoms with Gasteiger partial charge >= 0.3 is 17.9 Å². The number of carbonyl (C=O) groups is 3. The van der Waals surface area contributed by atoms with E-state index in [-0.39, 0.29) is 27.5 Å². The van der Waals surface area contributed by atoms with Crippen molar-refractivity contribution < 1.29 is 38.4 Å². The number of benzene rings is 7. The standard InChI is InChI=1S/C44H34O8/c1-43(2,3)21-7-11-23(12-8-21)49-31-19-29-33-27(39(45)51-41(29)47)18-16-26-36-32(50-24-13-9-22(10-14-24)44(4,5)6)20-30-34-28(40(46)52-42(30)48)17-15-25(38(34)36)35(31)37(26)33/h7-20,39,45H,1-6H3. The summed E-state index contributed by atoms with van der Waals surface area (Å²) in [5.74, 6) is -0.367. The van der Waals surface area contributed by atoms with Crippen LogP contribution in [0.2, 0.25) is 0 Å². The minimum atomic E-state index is -1.47. The highest BCUT2D eigenvalue weighted by molar-refractivity contribution is 6.40. The van der Waals surface area contributed by atoms with Gasteiger partial charge < -0.3 is 24.1 Å². The first kappa shape index (κ1) is 32.0. The van der Waals surface area contributed by atoms with E-state index in [0.29, 0.717) is 71.7 Å². The molecule has 0 spiro atoms. The Morgan fingerprint density at radius 3 is 1.50 bits per heavy atom. The van der Waals surface area contributed by atoms with Crippen molar-refractivity contribution in [1.82, 2.24) is 0 Å². The lowest BCUT2D eigenvalue weighted by atomic mass is 9.82. The smallest absolute Gasteiger partial charge is 0.346 e. The van der Waals surface area contributed by atoms with Crippen LogP contribution in [0.4, 0.5) is 0 Å². The van der Waals surface area contributed by atoms with Crippen LogP contribution < -0.4 is 9.47 Å². The van der Waals surface area contributed by atoms with Crippen LogP contribution in [0, 0.1) is 0 Å². The monoisotopic (exact) mass is 690 g/mol. The van der Waals surface area contributed by atoms with Crippen molar-refractivity contribution in [2.45, 2.75) is 58.7 Å². The van der Waals surface area contributed by atoms with Crippen LogP contribution in [0.15, 0.2) is 84.9 Å². The molecule has 0 aliphatic carbocycles. The second kappa shape index (κ2) is 10.8. The van der Waals surface area contributed by atoms with Gasteiger partial charge in [0.05, 0.1) is 16.7 Å². The highest BCUT2D eigenvalue weighted by Gasteiger charge is 2.35. The summed E-state index contributed by atoms with van der Waals surface area (Å²) < 4.78 is 23.9.